The molecule has 1 aliphatic rings. The Morgan fingerprint density at radius 2 is 2.16 bits per heavy atom. The van der Waals surface area contributed by atoms with Crippen molar-refractivity contribution in [2.75, 3.05) is 13.1 Å². The molecule has 1 aliphatic heterocycles. The van der Waals surface area contributed by atoms with Gasteiger partial charge in [-0.15, -0.1) is 12.4 Å². The molecule has 0 radical (unpaired) electrons. The van der Waals surface area contributed by atoms with Gasteiger partial charge >= 0.3 is 0 Å². The second-order valence-electron chi connectivity index (χ2n) is 4.99. The molecule has 106 valence electrons. The Bertz CT molecular complexity index is 439. The lowest BCUT2D eigenvalue weighted by Gasteiger charge is -2.34. The third kappa shape index (κ3) is 3.94. The third-order valence-electron chi connectivity index (χ3n) is 3.59. The summed E-state index contributed by atoms with van der Waals surface area (Å²) < 4.78 is 0.859. The number of benzene rings is 1. The molecule has 0 saturated carbocycles. The molecule has 19 heavy (non-hydrogen) atoms. The van der Waals surface area contributed by atoms with Crippen molar-refractivity contribution in [1.29, 1.82) is 0 Å². The summed E-state index contributed by atoms with van der Waals surface area (Å²) in [6.45, 7) is 3.64. The normalized spacial score (nSPS) is 20.6. The molecule has 3 nitrogen and oxygen atoms in total. The number of piperidine rings is 1. The molecule has 1 saturated heterocycles. The van der Waals surface area contributed by atoms with Crippen LogP contribution >= 0.6 is 28.3 Å². The largest absolute Gasteiger partial charge is 0.338 e. The molecule has 1 fully saturated rings. The van der Waals surface area contributed by atoms with Crippen LogP contribution in [-0.2, 0) is 0 Å². The van der Waals surface area contributed by atoms with Crippen LogP contribution in [0.1, 0.15) is 30.1 Å². The highest BCUT2D eigenvalue weighted by atomic mass is 79.9. The van der Waals surface area contributed by atoms with E-state index in [-0.39, 0.29) is 24.4 Å². The van der Waals surface area contributed by atoms with E-state index in [0.29, 0.717) is 5.92 Å². The summed E-state index contributed by atoms with van der Waals surface area (Å²) in [5, 5.41) is 0. The van der Waals surface area contributed by atoms with Crippen molar-refractivity contribution in [3.63, 3.8) is 0 Å². The Morgan fingerprint density at radius 1 is 1.47 bits per heavy atom. The predicted octanol–water partition coefficient (Wildman–Crippen LogP) is 3.07. The Labute approximate surface area is 129 Å². The quantitative estimate of drug-likeness (QED) is 0.893. The number of hydrogen-bond acceptors (Lipinski definition) is 2. The zero-order valence-corrected chi connectivity index (χ0v) is 13.4. The molecule has 0 aromatic heterocycles. The molecule has 1 heterocycles. The zero-order valence-electron chi connectivity index (χ0n) is 11.0. The fourth-order valence-electron chi connectivity index (χ4n) is 2.43. The monoisotopic (exact) mass is 346 g/mol. The topological polar surface area (TPSA) is 46.3 Å². The van der Waals surface area contributed by atoms with E-state index >= 15 is 0 Å². The first kappa shape index (κ1) is 16.5. The fraction of sp³-hybridized carbons (Fsp3) is 0.500. The van der Waals surface area contributed by atoms with Gasteiger partial charge in [0.2, 0.25) is 0 Å². The lowest BCUT2D eigenvalue weighted by Crippen LogP contribution is -2.45. The van der Waals surface area contributed by atoms with Crippen LogP contribution in [0.15, 0.2) is 28.7 Å². The van der Waals surface area contributed by atoms with Crippen molar-refractivity contribution in [3.05, 3.63) is 34.3 Å². The Morgan fingerprint density at radius 3 is 2.79 bits per heavy atom. The number of carbonyl (C=O) groups is 1. The molecular formula is C14H20BrClN2O. The van der Waals surface area contributed by atoms with Crippen molar-refractivity contribution in [1.82, 2.24) is 4.90 Å². The minimum atomic E-state index is 0. The van der Waals surface area contributed by atoms with Gasteiger partial charge in [-0.2, -0.15) is 0 Å². The van der Waals surface area contributed by atoms with E-state index in [1.165, 1.54) is 0 Å². The molecular weight excluding hydrogens is 328 g/mol. The summed E-state index contributed by atoms with van der Waals surface area (Å²) in [6.07, 6.45) is 2.17. The number of hydrogen-bond donors (Lipinski definition) is 1. The number of likely N-dealkylation sites (tertiary alicyclic amines) is 1. The van der Waals surface area contributed by atoms with Gasteiger partial charge in [0.1, 0.15) is 0 Å². The first-order chi connectivity index (χ1) is 8.59. The lowest BCUT2D eigenvalue weighted by molar-refractivity contribution is 0.0660. The van der Waals surface area contributed by atoms with E-state index < -0.39 is 0 Å². The molecule has 2 N–H and O–H groups in total. The minimum absolute atomic E-state index is 0. The van der Waals surface area contributed by atoms with E-state index in [9.17, 15) is 4.79 Å². The minimum Gasteiger partial charge on any atom is -0.338 e. The van der Waals surface area contributed by atoms with Crippen LogP contribution in [0.5, 0.6) is 0 Å². The average Bonchev–Trinajstić information content (AvgIpc) is 2.38. The molecule has 2 rings (SSSR count). The van der Waals surface area contributed by atoms with Gasteiger partial charge in [-0.1, -0.05) is 12.1 Å². The Balaban J connectivity index is 0.00000180. The van der Waals surface area contributed by atoms with Gasteiger partial charge in [-0.05, 0) is 53.7 Å². The van der Waals surface area contributed by atoms with Crippen LogP contribution in [-0.4, -0.2) is 29.9 Å². The standard InChI is InChI=1S/C14H19BrN2O.ClH/c1-10(16)11-5-4-8-17(9-11)14(18)12-6-2-3-7-13(12)15;/h2-3,6-7,10-11H,4-5,8-9,16H2,1H3;1H. The highest BCUT2D eigenvalue weighted by Crippen LogP contribution is 2.23. The Hall–Kier alpha value is -0.580. The highest BCUT2D eigenvalue weighted by Gasteiger charge is 2.27. The van der Waals surface area contributed by atoms with Crippen LogP contribution in [0.4, 0.5) is 0 Å². The summed E-state index contributed by atoms with van der Waals surface area (Å²) in [4.78, 5) is 14.4. The summed E-state index contributed by atoms with van der Waals surface area (Å²) in [7, 11) is 0. The molecule has 0 bridgehead atoms. The average molecular weight is 348 g/mol. The van der Waals surface area contributed by atoms with Crippen molar-refractivity contribution >= 4 is 34.2 Å². The maximum absolute atomic E-state index is 12.4. The maximum Gasteiger partial charge on any atom is 0.255 e. The number of rotatable bonds is 2. The summed E-state index contributed by atoms with van der Waals surface area (Å²) in [6, 6.07) is 7.73. The van der Waals surface area contributed by atoms with Gasteiger partial charge in [0.25, 0.3) is 5.91 Å². The molecule has 2 atom stereocenters. The van der Waals surface area contributed by atoms with Gasteiger partial charge in [-0.25, -0.2) is 0 Å². The molecule has 0 spiro atoms. The van der Waals surface area contributed by atoms with Crippen molar-refractivity contribution in [2.45, 2.75) is 25.8 Å². The second-order valence-corrected chi connectivity index (χ2v) is 5.85. The Kier molecular flexibility index (Phi) is 6.30. The smallest absolute Gasteiger partial charge is 0.255 e. The van der Waals surface area contributed by atoms with E-state index in [1.54, 1.807) is 0 Å². The number of halogens is 2. The first-order valence-electron chi connectivity index (χ1n) is 6.39. The zero-order chi connectivity index (χ0) is 13.1. The molecule has 2 unspecified atom stereocenters. The van der Waals surface area contributed by atoms with Crippen molar-refractivity contribution in [2.24, 2.45) is 11.7 Å². The molecule has 1 amide bonds. The summed E-state index contributed by atoms with van der Waals surface area (Å²) in [5.41, 5.74) is 6.69. The number of nitrogens with two attached hydrogens (primary N) is 1. The van der Waals surface area contributed by atoms with Gasteiger partial charge in [0.05, 0.1) is 5.56 Å². The van der Waals surface area contributed by atoms with Crippen LogP contribution in [0.25, 0.3) is 0 Å². The van der Waals surface area contributed by atoms with Crippen LogP contribution < -0.4 is 5.73 Å². The SMILES string of the molecule is CC(N)C1CCCN(C(=O)c2ccccc2Br)C1.Cl. The van der Waals surface area contributed by atoms with E-state index in [4.69, 9.17) is 5.73 Å². The summed E-state index contributed by atoms with van der Waals surface area (Å²) in [5.74, 6) is 0.526. The third-order valence-corrected chi connectivity index (χ3v) is 4.28. The second kappa shape index (κ2) is 7.27. The molecule has 5 heteroatoms. The van der Waals surface area contributed by atoms with E-state index in [0.717, 1.165) is 36.0 Å². The van der Waals surface area contributed by atoms with Gasteiger partial charge in [0, 0.05) is 23.6 Å². The summed E-state index contributed by atoms with van der Waals surface area (Å²) >= 11 is 3.44. The molecule has 1 aromatic carbocycles. The van der Waals surface area contributed by atoms with Crippen LogP contribution in [0, 0.1) is 5.92 Å². The van der Waals surface area contributed by atoms with E-state index in [1.807, 2.05) is 36.1 Å². The lowest BCUT2D eigenvalue weighted by atomic mass is 9.92. The van der Waals surface area contributed by atoms with Crippen molar-refractivity contribution in [3.8, 4) is 0 Å². The van der Waals surface area contributed by atoms with Crippen molar-refractivity contribution < 1.29 is 4.79 Å². The van der Waals surface area contributed by atoms with Gasteiger partial charge in [-0.3, -0.25) is 4.79 Å². The fourth-order valence-corrected chi connectivity index (χ4v) is 2.88. The first-order valence-corrected chi connectivity index (χ1v) is 7.18. The van der Waals surface area contributed by atoms with Crippen LogP contribution in [0.3, 0.4) is 0 Å². The highest BCUT2D eigenvalue weighted by molar-refractivity contribution is 9.10. The van der Waals surface area contributed by atoms with Gasteiger partial charge in [0.15, 0.2) is 0 Å². The van der Waals surface area contributed by atoms with Gasteiger partial charge < -0.3 is 10.6 Å². The maximum atomic E-state index is 12.4. The molecule has 0 aliphatic carbocycles. The number of nitrogens with zero attached hydrogens (tertiary/aromatic N) is 1. The predicted molar refractivity (Wildman–Crippen MR) is 83.7 cm³/mol. The van der Waals surface area contributed by atoms with E-state index in [2.05, 4.69) is 15.9 Å². The number of carbonyl (C=O) groups excluding carboxylic acids is 1. The van der Waals surface area contributed by atoms with Crippen LogP contribution in [0.2, 0.25) is 0 Å². The molecule has 1 aromatic rings. The number of amides is 1.